The molecular weight excluding hydrogens is 352 g/mol. The van der Waals surface area contributed by atoms with Crippen molar-refractivity contribution in [2.24, 2.45) is 5.73 Å². The van der Waals surface area contributed by atoms with Gasteiger partial charge in [0.05, 0.1) is 11.1 Å². The van der Waals surface area contributed by atoms with E-state index in [1.54, 1.807) is 6.07 Å². The van der Waals surface area contributed by atoms with Crippen molar-refractivity contribution in [2.75, 3.05) is 6.54 Å². The first-order valence-corrected chi connectivity index (χ1v) is 8.22. The molecule has 2 aromatic carbocycles. The van der Waals surface area contributed by atoms with E-state index < -0.39 is 0 Å². The van der Waals surface area contributed by atoms with Gasteiger partial charge in [0.15, 0.2) is 0 Å². The van der Waals surface area contributed by atoms with Gasteiger partial charge in [-0.3, -0.25) is 9.59 Å². The number of aromatic nitrogens is 2. The van der Waals surface area contributed by atoms with Gasteiger partial charge in [0, 0.05) is 23.9 Å². The Labute approximate surface area is 157 Å². The summed E-state index contributed by atoms with van der Waals surface area (Å²) in [4.78, 5) is 23.6. The van der Waals surface area contributed by atoms with E-state index in [1.165, 1.54) is 0 Å². The molecule has 4 N–H and O–H groups in total. The number of nitrogens with two attached hydrogens (primary N) is 1. The highest BCUT2D eigenvalue weighted by Crippen LogP contribution is 2.24. The zero-order chi connectivity index (χ0) is 17.6. The molecule has 0 bridgehead atoms. The number of nitrogens with zero attached hydrogens (tertiary/aromatic N) is 1. The molecule has 0 saturated heterocycles. The molecule has 7 heteroatoms. The van der Waals surface area contributed by atoms with Gasteiger partial charge in [-0.25, -0.2) is 5.10 Å². The molecule has 0 aliphatic heterocycles. The van der Waals surface area contributed by atoms with E-state index in [0.29, 0.717) is 37.0 Å². The van der Waals surface area contributed by atoms with E-state index in [4.69, 9.17) is 5.73 Å². The van der Waals surface area contributed by atoms with Crippen molar-refractivity contribution in [3.8, 4) is 11.3 Å². The van der Waals surface area contributed by atoms with Crippen LogP contribution in [-0.4, -0.2) is 22.6 Å². The van der Waals surface area contributed by atoms with Crippen molar-refractivity contribution in [3.05, 3.63) is 64.4 Å². The van der Waals surface area contributed by atoms with Crippen molar-refractivity contribution in [3.63, 3.8) is 0 Å². The Balaban J connectivity index is 0.00000243. The number of nitrogens with one attached hydrogen (secondary N) is 2. The van der Waals surface area contributed by atoms with Crippen LogP contribution in [0.5, 0.6) is 0 Å². The van der Waals surface area contributed by atoms with Crippen LogP contribution in [0.25, 0.3) is 22.0 Å². The summed E-state index contributed by atoms with van der Waals surface area (Å²) < 4.78 is 0. The number of carbonyl (C=O) groups is 1. The minimum atomic E-state index is -0.206. The summed E-state index contributed by atoms with van der Waals surface area (Å²) in [6.45, 7) is 0.951. The van der Waals surface area contributed by atoms with E-state index in [-0.39, 0.29) is 23.9 Å². The van der Waals surface area contributed by atoms with Crippen molar-refractivity contribution in [2.45, 2.75) is 19.4 Å². The normalized spacial score (nSPS) is 10.3. The molecule has 0 aliphatic rings. The second-order valence-corrected chi connectivity index (χ2v) is 5.82. The van der Waals surface area contributed by atoms with Gasteiger partial charge in [0.1, 0.15) is 0 Å². The Morgan fingerprint density at radius 2 is 1.88 bits per heavy atom. The molecule has 0 fully saturated rings. The highest BCUT2D eigenvalue weighted by atomic mass is 35.5. The molecule has 1 heterocycles. The molecule has 0 unspecified atom stereocenters. The van der Waals surface area contributed by atoms with Gasteiger partial charge >= 0.3 is 0 Å². The van der Waals surface area contributed by atoms with E-state index >= 15 is 0 Å². The molecule has 3 rings (SSSR count). The lowest BCUT2D eigenvalue weighted by atomic mass is 10.0. The highest BCUT2D eigenvalue weighted by molar-refractivity contribution is 5.93. The first-order chi connectivity index (χ1) is 12.2. The van der Waals surface area contributed by atoms with Gasteiger partial charge in [-0.05, 0) is 30.7 Å². The van der Waals surface area contributed by atoms with E-state index in [2.05, 4.69) is 15.5 Å². The standard InChI is InChI=1S/C19H20N4O2.ClH/c20-10-4-9-17(24)21-12-13-5-3-6-14(11-13)18-15-7-1-2-8-16(15)19(25)23-22-18;/h1-3,5-8,11H,4,9-10,12,20H2,(H,21,24)(H,23,25);1H. The molecule has 3 aromatic rings. The number of fused-ring (bicyclic) bond motifs is 1. The maximum absolute atomic E-state index is 11.9. The Kier molecular flexibility index (Phi) is 6.89. The van der Waals surface area contributed by atoms with E-state index in [9.17, 15) is 9.59 Å². The third-order valence-corrected chi connectivity index (χ3v) is 3.99. The second-order valence-electron chi connectivity index (χ2n) is 5.82. The molecule has 26 heavy (non-hydrogen) atoms. The van der Waals surface area contributed by atoms with Crippen molar-refractivity contribution >= 4 is 29.1 Å². The second kappa shape index (κ2) is 9.12. The van der Waals surface area contributed by atoms with Crippen molar-refractivity contribution < 1.29 is 4.79 Å². The first kappa shape index (κ1) is 19.6. The fourth-order valence-corrected chi connectivity index (χ4v) is 2.72. The number of rotatable bonds is 6. The molecule has 0 saturated carbocycles. The third-order valence-electron chi connectivity index (χ3n) is 3.99. The summed E-state index contributed by atoms with van der Waals surface area (Å²) in [6, 6.07) is 15.1. The van der Waals surface area contributed by atoms with E-state index in [1.807, 2.05) is 42.5 Å². The average Bonchev–Trinajstić information content (AvgIpc) is 2.65. The minimum absolute atomic E-state index is 0. The van der Waals surface area contributed by atoms with Crippen LogP contribution in [-0.2, 0) is 11.3 Å². The maximum Gasteiger partial charge on any atom is 0.272 e. The summed E-state index contributed by atoms with van der Waals surface area (Å²) >= 11 is 0. The molecule has 0 atom stereocenters. The number of halogens is 1. The van der Waals surface area contributed by atoms with Gasteiger partial charge in [-0.1, -0.05) is 36.4 Å². The van der Waals surface area contributed by atoms with Gasteiger partial charge in [0.25, 0.3) is 5.56 Å². The van der Waals surface area contributed by atoms with Crippen LogP contribution in [0, 0.1) is 0 Å². The molecule has 0 radical (unpaired) electrons. The SMILES string of the molecule is Cl.NCCCC(=O)NCc1cccc(-c2n[nH]c(=O)c3ccccc23)c1. The van der Waals surface area contributed by atoms with Crippen LogP contribution in [0.4, 0.5) is 0 Å². The Morgan fingerprint density at radius 1 is 1.12 bits per heavy atom. The molecule has 0 spiro atoms. The zero-order valence-electron chi connectivity index (χ0n) is 14.2. The number of carbonyl (C=O) groups excluding carboxylic acids is 1. The van der Waals surface area contributed by atoms with E-state index in [0.717, 1.165) is 16.5 Å². The summed E-state index contributed by atoms with van der Waals surface area (Å²) in [5, 5.41) is 11.1. The van der Waals surface area contributed by atoms with Crippen LogP contribution in [0.3, 0.4) is 0 Å². The minimum Gasteiger partial charge on any atom is -0.352 e. The number of hydrogen-bond acceptors (Lipinski definition) is 4. The largest absolute Gasteiger partial charge is 0.352 e. The van der Waals surface area contributed by atoms with Crippen LogP contribution < -0.4 is 16.6 Å². The molecule has 1 aromatic heterocycles. The first-order valence-electron chi connectivity index (χ1n) is 8.22. The fourth-order valence-electron chi connectivity index (χ4n) is 2.72. The number of amides is 1. The average molecular weight is 373 g/mol. The molecule has 6 nitrogen and oxygen atoms in total. The third kappa shape index (κ3) is 4.47. The summed E-state index contributed by atoms with van der Waals surface area (Å²) in [6.07, 6.45) is 1.11. The fraction of sp³-hybridized carbons (Fsp3) is 0.211. The predicted octanol–water partition coefficient (Wildman–Crippen LogP) is 2.37. The molecule has 1 amide bonds. The van der Waals surface area contributed by atoms with Gasteiger partial charge in [-0.2, -0.15) is 5.10 Å². The topological polar surface area (TPSA) is 101 Å². The molecule has 0 aliphatic carbocycles. The summed E-state index contributed by atoms with van der Waals surface area (Å²) in [5.41, 5.74) is 7.78. The van der Waals surface area contributed by atoms with Crippen LogP contribution >= 0.6 is 12.4 Å². The lowest BCUT2D eigenvalue weighted by Crippen LogP contribution is -2.23. The number of hydrogen-bond donors (Lipinski definition) is 3. The summed E-state index contributed by atoms with van der Waals surface area (Å²) in [5.74, 6) is -0.0107. The van der Waals surface area contributed by atoms with Gasteiger partial charge < -0.3 is 11.1 Å². The Hall–Kier alpha value is -2.70. The van der Waals surface area contributed by atoms with Gasteiger partial charge in [-0.15, -0.1) is 12.4 Å². The molecular formula is C19H21ClN4O2. The Morgan fingerprint density at radius 3 is 2.65 bits per heavy atom. The zero-order valence-corrected chi connectivity index (χ0v) is 15.0. The number of aromatic amines is 1. The number of benzene rings is 2. The monoisotopic (exact) mass is 372 g/mol. The quantitative estimate of drug-likeness (QED) is 0.618. The maximum atomic E-state index is 11.9. The number of H-pyrrole nitrogens is 1. The lowest BCUT2D eigenvalue weighted by molar-refractivity contribution is -0.121. The van der Waals surface area contributed by atoms with Crippen LogP contribution in [0.2, 0.25) is 0 Å². The Bertz CT molecular complexity index is 955. The highest BCUT2D eigenvalue weighted by Gasteiger charge is 2.09. The summed E-state index contributed by atoms with van der Waals surface area (Å²) in [7, 11) is 0. The van der Waals surface area contributed by atoms with Crippen molar-refractivity contribution in [1.82, 2.24) is 15.5 Å². The van der Waals surface area contributed by atoms with Crippen LogP contribution in [0.15, 0.2) is 53.3 Å². The predicted molar refractivity (Wildman–Crippen MR) is 105 cm³/mol. The smallest absolute Gasteiger partial charge is 0.272 e. The van der Waals surface area contributed by atoms with Crippen LogP contribution in [0.1, 0.15) is 18.4 Å². The van der Waals surface area contributed by atoms with Gasteiger partial charge in [0.2, 0.25) is 5.91 Å². The lowest BCUT2D eigenvalue weighted by Gasteiger charge is -2.08. The molecule has 136 valence electrons. The van der Waals surface area contributed by atoms with Crippen molar-refractivity contribution in [1.29, 1.82) is 0 Å².